The SMILES string of the molecule is CCOc1cccc(NC(=O)/C(C#N)=C\c2cc(Cl)c(OCc3cccc(C)c3)c(Br)c2)c1. The molecule has 0 aromatic heterocycles. The monoisotopic (exact) mass is 524 g/mol. The maximum absolute atomic E-state index is 12.6. The van der Waals surface area contributed by atoms with Crippen molar-refractivity contribution in [1.82, 2.24) is 0 Å². The molecule has 3 aromatic carbocycles. The van der Waals surface area contributed by atoms with Crippen molar-refractivity contribution in [3.63, 3.8) is 0 Å². The zero-order chi connectivity index (χ0) is 23.8. The third-order valence-electron chi connectivity index (χ3n) is 4.57. The molecule has 3 aromatic rings. The van der Waals surface area contributed by atoms with E-state index in [0.717, 1.165) is 11.1 Å². The topological polar surface area (TPSA) is 71.3 Å². The van der Waals surface area contributed by atoms with Crippen LogP contribution >= 0.6 is 27.5 Å². The van der Waals surface area contributed by atoms with E-state index in [9.17, 15) is 10.1 Å². The number of nitriles is 1. The van der Waals surface area contributed by atoms with E-state index in [1.807, 2.05) is 44.2 Å². The molecule has 0 aliphatic carbocycles. The Bertz CT molecular complexity index is 1210. The summed E-state index contributed by atoms with van der Waals surface area (Å²) in [5.74, 6) is 0.596. The summed E-state index contributed by atoms with van der Waals surface area (Å²) in [6.07, 6.45) is 1.47. The number of hydrogen-bond acceptors (Lipinski definition) is 4. The molecule has 1 N–H and O–H groups in total. The predicted octanol–water partition coefficient (Wildman–Crippen LogP) is 6.93. The van der Waals surface area contributed by atoms with Gasteiger partial charge in [-0.1, -0.05) is 47.5 Å². The van der Waals surface area contributed by atoms with Crippen LogP contribution in [0.25, 0.3) is 6.08 Å². The van der Waals surface area contributed by atoms with Gasteiger partial charge >= 0.3 is 0 Å². The summed E-state index contributed by atoms with van der Waals surface area (Å²) in [4.78, 5) is 12.6. The van der Waals surface area contributed by atoms with Crippen LogP contribution in [0.15, 0.2) is 70.7 Å². The molecule has 0 saturated carbocycles. The minimum atomic E-state index is -0.529. The molecule has 0 fully saturated rings. The average molecular weight is 526 g/mol. The summed E-state index contributed by atoms with van der Waals surface area (Å²) >= 11 is 9.91. The highest BCUT2D eigenvalue weighted by Gasteiger charge is 2.13. The fourth-order valence-corrected chi connectivity index (χ4v) is 4.09. The maximum atomic E-state index is 12.6. The standard InChI is InChI=1S/C26H22BrClN2O3/c1-3-32-22-9-5-8-21(14-22)30-26(31)20(15-29)11-19-12-23(27)25(24(28)13-19)33-16-18-7-4-6-17(2)10-18/h4-14H,3,16H2,1-2H3,(H,30,31)/b20-11-. The van der Waals surface area contributed by atoms with E-state index >= 15 is 0 Å². The second-order valence-electron chi connectivity index (χ2n) is 7.18. The zero-order valence-corrected chi connectivity index (χ0v) is 20.5. The molecule has 0 saturated heterocycles. The molecule has 3 rings (SSSR count). The Morgan fingerprint density at radius 1 is 1.15 bits per heavy atom. The summed E-state index contributed by atoms with van der Waals surface area (Å²) < 4.78 is 12.0. The average Bonchev–Trinajstić information content (AvgIpc) is 2.77. The second-order valence-corrected chi connectivity index (χ2v) is 8.44. The van der Waals surface area contributed by atoms with Crippen LogP contribution in [-0.4, -0.2) is 12.5 Å². The Kier molecular flexibility index (Phi) is 8.53. The van der Waals surface area contributed by atoms with Crippen molar-refractivity contribution in [1.29, 1.82) is 5.26 Å². The molecular weight excluding hydrogens is 504 g/mol. The minimum absolute atomic E-state index is 0.0618. The molecule has 0 unspecified atom stereocenters. The Morgan fingerprint density at radius 3 is 2.64 bits per heavy atom. The van der Waals surface area contributed by atoms with Gasteiger partial charge in [-0.2, -0.15) is 5.26 Å². The lowest BCUT2D eigenvalue weighted by atomic mass is 10.1. The lowest BCUT2D eigenvalue weighted by molar-refractivity contribution is -0.112. The van der Waals surface area contributed by atoms with Crippen LogP contribution in [-0.2, 0) is 11.4 Å². The van der Waals surface area contributed by atoms with E-state index in [-0.39, 0.29) is 5.57 Å². The molecule has 1 amide bonds. The van der Waals surface area contributed by atoms with E-state index in [2.05, 4.69) is 21.2 Å². The van der Waals surface area contributed by atoms with E-state index in [0.29, 0.717) is 45.5 Å². The van der Waals surface area contributed by atoms with Crippen molar-refractivity contribution in [3.05, 3.63) is 92.4 Å². The number of aryl methyl sites for hydroxylation is 1. The van der Waals surface area contributed by atoms with E-state index < -0.39 is 5.91 Å². The molecule has 0 spiro atoms. The molecule has 0 bridgehead atoms. The Morgan fingerprint density at radius 2 is 1.94 bits per heavy atom. The van der Waals surface area contributed by atoms with Crippen molar-refractivity contribution in [2.24, 2.45) is 0 Å². The summed E-state index contributed by atoms with van der Waals surface area (Å²) in [7, 11) is 0. The van der Waals surface area contributed by atoms with Gasteiger partial charge in [0.25, 0.3) is 5.91 Å². The van der Waals surface area contributed by atoms with Crippen molar-refractivity contribution < 1.29 is 14.3 Å². The Balaban J connectivity index is 1.76. The number of rotatable bonds is 8. The molecule has 0 heterocycles. The van der Waals surface area contributed by atoms with Crippen LogP contribution in [0.5, 0.6) is 11.5 Å². The van der Waals surface area contributed by atoms with Gasteiger partial charge in [0, 0.05) is 11.8 Å². The first-order chi connectivity index (χ1) is 15.9. The zero-order valence-electron chi connectivity index (χ0n) is 18.2. The van der Waals surface area contributed by atoms with Crippen molar-refractivity contribution in [2.75, 3.05) is 11.9 Å². The Hall–Kier alpha value is -3.27. The first kappa shape index (κ1) is 24.4. The second kappa shape index (κ2) is 11.6. The number of anilines is 1. The first-order valence-electron chi connectivity index (χ1n) is 10.2. The van der Waals surface area contributed by atoms with Crippen LogP contribution in [0.2, 0.25) is 5.02 Å². The predicted molar refractivity (Wildman–Crippen MR) is 134 cm³/mol. The molecule has 5 nitrogen and oxygen atoms in total. The van der Waals surface area contributed by atoms with Crippen LogP contribution in [0.1, 0.15) is 23.6 Å². The van der Waals surface area contributed by atoms with Crippen LogP contribution in [0, 0.1) is 18.3 Å². The molecule has 0 aliphatic rings. The number of carbonyl (C=O) groups is 1. The lowest BCUT2D eigenvalue weighted by Gasteiger charge is -2.12. The normalized spacial score (nSPS) is 10.9. The third-order valence-corrected chi connectivity index (χ3v) is 5.44. The van der Waals surface area contributed by atoms with Crippen LogP contribution in [0.3, 0.4) is 0 Å². The number of ether oxygens (including phenoxy) is 2. The molecule has 33 heavy (non-hydrogen) atoms. The van der Waals surface area contributed by atoms with Gasteiger partial charge in [-0.25, -0.2) is 0 Å². The van der Waals surface area contributed by atoms with Crippen LogP contribution in [0.4, 0.5) is 5.69 Å². The van der Waals surface area contributed by atoms with Gasteiger partial charge in [0.05, 0.1) is 16.1 Å². The van der Waals surface area contributed by atoms with Gasteiger partial charge in [0.15, 0.2) is 5.75 Å². The fourth-order valence-electron chi connectivity index (χ4n) is 3.10. The number of nitrogens with zero attached hydrogens (tertiary/aromatic N) is 1. The quantitative estimate of drug-likeness (QED) is 0.256. The molecule has 0 atom stereocenters. The fraction of sp³-hybridized carbons (Fsp3) is 0.154. The number of nitrogens with one attached hydrogen (secondary N) is 1. The highest BCUT2D eigenvalue weighted by Crippen LogP contribution is 2.35. The summed E-state index contributed by atoms with van der Waals surface area (Å²) in [5, 5.41) is 12.6. The molecule has 168 valence electrons. The smallest absolute Gasteiger partial charge is 0.266 e. The van der Waals surface area contributed by atoms with Crippen molar-refractivity contribution >= 4 is 45.2 Å². The minimum Gasteiger partial charge on any atom is -0.494 e. The van der Waals surface area contributed by atoms with Gasteiger partial charge in [0.1, 0.15) is 24.0 Å². The van der Waals surface area contributed by atoms with Gasteiger partial charge in [0.2, 0.25) is 0 Å². The number of halogens is 2. The van der Waals surface area contributed by atoms with Crippen molar-refractivity contribution in [3.8, 4) is 17.6 Å². The number of carbonyl (C=O) groups excluding carboxylic acids is 1. The summed E-state index contributed by atoms with van der Waals surface area (Å²) in [6, 6.07) is 20.3. The van der Waals surface area contributed by atoms with Gasteiger partial charge in [-0.3, -0.25) is 4.79 Å². The number of hydrogen-bond donors (Lipinski definition) is 1. The lowest BCUT2D eigenvalue weighted by Crippen LogP contribution is -2.13. The molecule has 0 radical (unpaired) electrons. The van der Waals surface area contributed by atoms with Crippen LogP contribution < -0.4 is 14.8 Å². The highest BCUT2D eigenvalue weighted by atomic mass is 79.9. The van der Waals surface area contributed by atoms with E-state index in [1.54, 1.807) is 36.4 Å². The number of benzene rings is 3. The summed E-state index contributed by atoms with van der Waals surface area (Å²) in [5.41, 5.74) is 3.23. The molecular formula is C26H22BrClN2O3. The molecule has 7 heteroatoms. The van der Waals surface area contributed by atoms with Gasteiger partial charge in [-0.05, 0) is 71.2 Å². The first-order valence-corrected chi connectivity index (χ1v) is 11.4. The molecule has 0 aliphatic heterocycles. The van der Waals surface area contributed by atoms with Gasteiger partial charge < -0.3 is 14.8 Å². The number of amides is 1. The van der Waals surface area contributed by atoms with Gasteiger partial charge in [-0.15, -0.1) is 0 Å². The highest BCUT2D eigenvalue weighted by molar-refractivity contribution is 9.10. The van der Waals surface area contributed by atoms with E-state index in [4.69, 9.17) is 21.1 Å². The van der Waals surface area contributed by atoms with Crippen molar-refractivity contribution in [2.45, 2.75) is 20.5 Å². The Labute approximate surface area is 206 Å². The maximum Gasteiger partial charge on any atom is 0.266 e. The summed E-state index contributed by atoms with van der Waals surface area (Å²) in [6.45, 7) is 4.78. The van der Waals surface area contributed by atoms with E-state index in [1.165, 1.54) is 6.08 Å². The third kappa shape index (κ3) is 6.85. The largest absolute Gasteiger partial charge is 0.494 e.